The van der Waals surface area contributed by atoms with Crippen molar-refractivity contribution >= 4 is 32.4 Å². The Bertz CT molecular complexity index is 499. The molecule has 1 fully saturated rings. The van der Waals surface area contributed by atoms with Gasteiger partial charge in [0.1, 0.15) is 0 Å². The van der Waals surface area contributed by atoms with E-state index < -0.39 is 10.8 Å². The summed E-state index contributed by atoms with van der Waals surface area (Å²) in [7, 11) is -0.946. The van der Waals surface area contributed by atoms with E-state index in [1.807, 2.05) is 24.3 Å². The van der Waals surface area contributed by atoms with E-state index in [0.717, 1.165) is 34.1 Å². The van der Waals surface area contributed by atoms with Gasteiger partial charge in [0.2, 0.25) is 0 Å². The van der Waals surface area contributed by atoms with Gasteiger partial charge in [-0.25, -0.2) is 4.98 Å². The molecule has 1 aromatic carbocycles. The van der Waals surface area contributed by atoms with Crippen LogP contribution in [0, 0.1) is 0 Å². The van der Waals surface area contributed by atoms with Crippen LogP contribution in [0.2, 0.25) is 0 Å². The molecule has 2 atom stereocenters. The highest BCUT2D eigenvalue weighted by Gasteiger charge is 2.24. The summed E-state index contributed by atoms with van der Waals surface area (Å²) in [5.74, 6) is 0. The molecule has 3 nitrogen and oxygen atoms in total. The van der Waals surface area contributed by atoms with Crippen molar-refractivity contribution in [3.05, 3.63) is 24.3 Å². The number of fused-ring (bicyclic) bond motifs is 1. The molecule has 0 radical (unpaired) electrons. The van der Waals surface area contributed by atoms with Gasteiger partial charge in [-0.3, -0.25) is 4.21 Å². The van der Waals surface area contributed by atoms with E-state index in [2.05, 4.69) is 10.3 Å². The van der Waals surface area contributed by atoms with Gasteiger partial charge in [0.15, 0.2) is 4.34 Å². The lowest BCUT2D eigenvalue weighted by Gasteiger charge is -2.03. The summed E-state index contributed by atoms with van der Waals surface area (Å²) >= 11 is 1.55. The number of nitrogens with zero attached hydrogens (tertiary/aromatic N) is 1. The van der Waals surface area contributed by atoms with Crippen molar-refractivity contribution in [2.24, 2.45) is 0 Å². The molecule has 84 valence electrons. The fourth-order valence-electron chi connectivity index (χ4n) is 1.89. The van der Waals surface area contributed by atoms with Crippen molar-refractivity contribution in [1.29, 1.82) is 0 Å². The normalized spacial score (nSPS) is 22.6. The Kier molecular flexibility index (Phi) is 2.75. The summed E-state index contributed by atoms with van der Waals surface area (Å²) in [4.78, 5) is 4.45. The first kappa shape index (κ1) is 10.4. The smallest absolute Gasteiger partial charge is 0.182 e. The lowest BCUT2D eigenvalue weighted by Crippen LogP contribution is -2.18. The van der Waals surface area contributed by atoms with E-state index in [1.54, 1.807) is 11.3 Å². The monoisotopic (exact) mass is 252 g/mol. The van der Waals surface area contributed by atoms with Gasteiger partial charge in [0.05, 0.1) is 26.3 Å². The molecule has 2 heterocycles. The van der Waals surface area contributed by atoms with Gasteiger partial charge in [-0.05, 0) is 25.1 Å². The van der Waals surface area contributed by atoms with Gasteiger partial charge in [0.25, 0.3) is 0 Å². The van der Waals surface area contributed by atoms with Crippen molar-refractivity contribution in [3.8, 4) is 0 Å². The molecule has 16 heavy (non-hydrogen) atoms. The van der Waals surface area contributed by atoms with Crippen LogP contribution in [-0.2, 0) is 10.8 Å². The van der Waals surface area contributed by atoms with E-state index in [9.17, 15) is 4.21 Å². The predicted octanol–water partition coefficient (Wildman–Crippen LogP) is 1.77. The molecule has 0 saturated carbocycles. The molecule has 2 aromatic rings. The number of benzene rings is 1. The number of para-hydroxylation sites is 1. The van der Waals surface area contributed by atoms with Gasteiger partial charge < -0.3 is 5.32 Å². The number of hydrogen-bond acceptors (Lipinski definition) is 4. The van der Waals surface area contributed by atoms with Crippen LogP contribution in [-0.4, -0.2) is 27.5 Å². The number of aromatic nitrogens is 1. The quantitative estimate of drug-likeness (QED) is 0.885. The van der Waals surface area contributed by atoms with Crippen molar-refractivity contribution in [2.45, 2.75) is 16.0 Å². The molecule has 0 amide bonds. The third-order valence-electron chi connectivity index (χ3n) is 2.76. The van der Waals surface area contributed by atoms with Gasteiger partial charge in [-0.1, -0.05) is 12.1 Å². The Labute approximate surface area is 100 Å². The second-order valence-electron chi connectivity index (χ2n) is 3.86. The van der Waals surface area contributed by atoms with Crippen LogP contribution in [0.3, 0.4) is 0 Å². The summed E-state index contributed by atoms with van der Waals surface area (Å²) in [6, 6.07) is 7.95. The largest absolute Gasteiger partial charge is 0.315 e. The van der Waals surface area contributed by atoms with Crippen LogP contribution in [0.1, 0.15) is 6.42 Å². The Morgan fingerprint density at radius 3 is 3.06 bits per heavy atom. The maximum absolute atomic E-state index is 12.2. The Morgan fingerprint density at radius 2 is 2.31 bits per heavy atom. The van der Waals surface area contributed by atoms with Gasteiger partial charge in [-0.2, -0.15) is 0 Å². The zero-order chi connectivity index (χ0) is 11.0. The second kappa shape index (κ2) is 4.24. The molecule has 2 unspecified atom stereocenters. The zero-order valence-electron chi connectivity index (χ0n) is 8.68. The maximum Gasteiger partial charge on any atom is 0.182 e. The average molecular weight is 252 g/mol. The molecule has 0 aliphatic carbocycles. The van der Waals surface area contributed by atoms with Crippen LogP contribution in [0.25, 0.3) is 10.2 Å². The van der Waals surface area contributed by atoms with Gasteiger partial charge >= 0.3 is 0 Å². The Balaban J connectivity index is 1.96. The highest BCUT2D eigenvalue weighted by molar-refractivity contribution is 7.88. The molecular formula is C11H12N2OS2. The number of rotatable bonds is 2. The highest BCUT2D eigenvalue weighted by atomic mass is 32.2. The summed E-state index contributed by atoms with van der Waals surface area (Å²) < 4.78 is 14.1. The predicted molar refractivity (Wildman–Crippen MR) is 67.3 cm³/mol. The minimum absolute atomic E-state index is 0.237. The fraction of sp³-hybridized carbons (Fsp3) is 0.364. The third kappa shape index (κ3) is 1.79. The van der Waals surface area contributed by atoms with Crippen molar-refractivity contribution in [2.75, 3.05) is 13.1 Å². The van der Waals surface area contributed by atoms with Crippen LogP contribution in [0.15, 0.2) is 28.6 Å². The fourth-order valence-corrected chi connectivity index (χ4v) is 4.67. The minimum Gasteiger partial charge on any atom is -0.315 e. The second-order valence-corrected chi connectivity index (χ2v) is 6.80. The van der Waals surface area contributed by atoms with E-state index in [1.165, 1.54) is 0 Å². The molecule has 1 aliphatic heterocycles. The van der Waals surface area contributed by atoms with Crippen molar-refractivity contribution in [1.82, 2.24) is 10.3 Å². The van der Waals surface area contributed by atoms with E-state index in [4.69, 9.17) is 0 Å². The first-order chi connectivity index (χ1) is 7.84. The Hall–Kier alpha value is -0.780. The topological polar surface area (TPSA) is 42.0 Å². The molecule has 1 N–H and O–H groups in total. The zero-order valence-corrected chi connectivity index (χ0v) is 10.3. The summed E-state index contributed by atoms with van der Waals surface area (Å²) in [6.45, 7) is 1.82. The number of thiazole rings is 1. The molecule has 1 aliphatic rings. The molecule has 3 rings (SSSR count). The SMILES string of the molecule is O=S(c1nc2ccccc2s1)C1CCNC1. The minimum atomic E-state index is -0.946. The number of nitrogens with one attached hydrogen (secondary N) is 1. The molecule has 5 heteroatoms. The van der Waals surface area contributed by atoms with E-state index >= 15 is 0 Å². The lowest BCUT2D eigenvalue weighted by molar-refractivity contribution is 0.672. The maximum atomic E-state index is 12.2. The lowest BCUT2D eigenvalue weighted by atomic mass is 10.3. The molecule has 0 spiro atoms. The average Bonchev–Trinajstić information content (AvgIpc) is 2.97. The molecular weight excluding hydrogens is 240 g/mol. The Morgan fingerprint density at radius 1 is 1.44 bits per heavy atom. The summed E-state index contributed by atoms with van der Waals surface area (Å²) in [5, 5.41) is 3.48. The van der Waals surface area contributed by atoms with Crippen molar-refractivity contribution in [3.63, 3.8) is 0 Å². The molecule has 0 bridgehead atoms. The highest BCUT2D eigenvalue weighted by Crippen LogP contribution is 2.26. The first-order valence-corrected chi connectivity index (χ1v) is 7.34. The van der Waals surface area contributed by atoms with Crippen molar-refractivity contribution < 1.29 is 4.21 Å². The van der Waals surface area contributed by atoms with Crippen LogP contribution in [0.4, 0.5) is 0 Å². The first-order valence-electron chi connectivity index (χ1n) is 5.31. The van der Waals surface area contributed by atoms with Gasteiger partial charge in [0, 0.05) is 6.54 Å². The summed E-state index contributed by atoms with van der Waals surface area (Å²) in [6.07, 6.45) is 0.989. The third-order valence-corrected chi connectivity index (χ3v) is 5.78. The molecule has 1 aromatic heterocycles. The van der Waals surface area contributed by atoms with E-state index in [0.29, 0.717) is 0 Å². The van der Waals surface area contributed by atoms with Crippen LogP contribution >= 0.6 is 11.3 Å². The summed E-state index contributed by atoms with van der Waals surface area (Å²) in [5.41, 5.74) is 0.960. The van der Waals surface area contributed by atoms with E-state index in [-0.39, 0.29) is 5.25 Å². The van der Waals surface area contributed by atoms with Crippen LogP contribution < -0.4 is 5.32 Å². The standard InChI is InChI=1S/C11H12N2OS2/c14-16(8-5-6-12-7-8)11-13-9-3-1-2-4-10(9)15-11/h1-4,8,12H,5-7H2. The molecule has 1 saturated heterocycles. The number of hydrogen-bond donors (Lipinski definition) is 1. The van der Waals surface area contributed by atoms with Crippen LogP contribution in [0.5, 0.6) is 0 Å². The van der Waals surface area contributed by atoms with Gasteiger partial charge in [-0.15, -0.1) is 11.3 Å².